The first-order valence-corrected chi connectivity index (χ1v) is 5.92. The predicted molar refractivity (Wildman–Crippen MR) is 70.9 cm³/mol. The fourth-order valence-corrected chi connectivity index (χ4v) is 1.92. The van der Waals surface area contributed by atoms with E-state index in [0.29, 0.717) is 5.56 Å². The highest BCUT2D eigenvalue weighted by Crippen LogP contribution is 2.30. The van der Waals surface area contributed by atoms with Gasteiger partial charge in [-0.3, -0.25) is 0 Å². The van der Waals surface area contributed by atoms with Crippen molar-refractivity contribution < 1.29 is 13.5 Å². The second-order valence-electron chi connectivity index (χ2n) is 4.38. The Bertz CT molecular complexity index is 573. The highest BCUT2D eigenvalue weighted by Gasteiger charge is 2.14. The molecule has 0 bridgehead atoms. The van der Waals surface area contributed by atoms with E-state index in [1.807, 2.05) is 13.0 Å². The van der Waals surface area contributed by atoms with Gasteiger partial charge >= 0.3 is 0 Å². The second kappa shape index (κ2) is 5.36. The number of benzene rings is 2. The molecule has 0 aliphatic rings. The number of methoxy groups -OCH3 is 1. The third kappa shape index (κ3) is 2.74. The lowest BCUT2D eigenvalue weighted by molar-refractivity contribution is 0.407. The molecule has 0 heterocycles. The van der Waals surface area contributed by atoms with Crippen molar-refractivity contribution in [3.05, 3.63) is 53.6 Å². The predicted octanol–water partition coefficient (Wildman–Crippen LogP) is 3.66. The van der Waals surface area contributed by atoms with Crippen molar-refractivity contribution in [3.63, 3.8) is 0 Å². The molecule has 0 fully saturated rings. The Kier molecular flexibility index (Phi) is 3.81. The van der Waals surface area contributed by atoms with Crippen LogP contribution in [0.15, 0.2) is 36.4 Å². The van der Waals surface area contributed by atoms with E-state index in [1.165, 1.54) is 7.11 Å². The molecule has 100 valence electrons. The van der Waals surface area contributed by atoms with Gasteiger partial charge in [-0.2, -0.15) is 0 Å². The van der Waals surface area contributed by atoms with Gasteiger partial charge in [0.15, 0.2) is 0 Å². The summed E-state index contributed by atoms with van der Waals surface area (Å²) in [7, 11) is 1.37. The number of halogens is 2. The zero-order chi connectivity index (χ0) is 14.0. The Labute approximate surface area is 110 Å². The van der Waals surface area contributed by atoms with E-state index in [0.717, 1.165) is 17.7 Å². The maximum absolute atomic E-state index is 14.0. The Morgan fingerprint density at radius 2 is 1.74 bits per heavy atom. The molecule has 0 saturated heterocycles. The van der Waals surface area contributed by atoms with E-state index in [1.54, 1.807) is 18.2 Å². The summed E-state index contributed by atoms with van der Waals surface area (Å²) in [4.78, 5) is 0. The van der Waals surface area contributed by atoms with Crippen LogP contribution in [0, 0.1) is 11.6 Å². The molecule has 4 heteroatoms. The minimum atomic E-state index is -0.654. The monoisotopic (exact) mass is 263 g/mol. The quantitative estimate of drug-likeness (QED) is 0.917. The molecule has 0 saturated carbocycles. The van der Waals surface area contributed by atoms with Crippen molar-refractivity contribution in [3.8, 4) is 16.9 Å². The second-order valence-corrected chi connectivity index (χ2v) is 4.38. The topological polar surface area (TPSA) is 35.2 Å². The molecule has 0 amide bonds. The Hall–Kier alpha value is -1.94. The first-order valence-electron chi connectivity index (χ1n) is 5.92. The van der Waals surface area contributed by atoms with Gasteiger partial charge in [0.1, 0.15) is 17.4 Å². The summed E-state index contributed by atoms with van der Waals surface area (Å²) in [6.45, 7) is 1.82. The van der Waals surface area contributed by atoms with Gasteiger partial charge in [-0.1, -0.05) is 18.2 Å². The standard InChI is InChI=1S/C15H15F2NO/c1-9(18)10-4-3-5-11(6-10)15-13(16)7-12(19-2)8-14(15)17/h3-9H,18H2,1-2H3. The van der Waals surface area contributed by atoms with Gasteiger partial charge in [0.05, 0.1) is 12.7 Å². The molecule has 2 nitrogen and oxygen atoms in total. The number of hydrogen-bond acceptors (Lipinski definition) is 2. The van der Waals surface area contributed by atoms with Gasteiger partial charge < -0.3 is 10.5 Å². The molecule has 1 atom stereocenters. The van der Waals surface area contributed by atoms with Crippen molar-refractivity contribution in [2.75, 3.05) is 7.11 Å². The molecule has 2 rings (SSSR count). The smallest absolute Gasteiger partial charge is 0.137 e. The van der Waals surface area contributed by atoms with Crippen LogP contribution in [0.4, 0.5) is 8.78 Å². The van der Waals surface area contributed by atoms with Gasteiger partial charge in [-0.25, -0.2) is 8.78 Å². The maximum Gasteiger partial charge on any atom is 0.137 e. The maximum atomic E-state index is 14.0. The van der Waals surface area contributed by atoms with Crippen LogP contribution in [0.3, 0.4) is 0 Å². The van der Waals surface area contributed by atoms with Crippen LogP contribution in [-0.2, 0) is 0 Å². The van der Waals surface area contributed by atoms with Crippen LogP contribution >= 0.6 is 0 Å². The van der Waals surface area contributed by atoms with Gasteiger partial charge in [0, 0.05) is 18.2 Å². The summed E-state index contributed by atoms with van der Waals surface area (Å²) in [5, 5.41) is 0. The number of ether oxygens (including phenoxy) is 1. The van der Waals surface area contributed by atoms with Crippen molar-refractivity contribution in [2.45, 2.75) is 13.0 Å². The van der Waals surface area contributed by atoms with Crippen molar-refractivity contribution in [1.82, 2.24) is 0 Å². The Morgan fingerprint density at radius 3 is 2.26 bits per heavy atom. The van der Waals surface area contributed by atoms with E-state index in [2.05, 4.69) is 0 Å². The molecule has 2 N–H and O–H groups in total. The fourth-order valence-electron chi connectivity index (χ4n) is 1.92. The summed E-state index contributed by atoms with van der Waals surface area (Å²) in [5.41, 5.74) is 7.00. The average Bonchev–Trinajstić information content (AvgIpc) is 2.38. The van der Waals surface area contributed by atoms with Crippen molar-refractivity contribution in [1.29, 1.82) is 0 Å². The highest BCUT2D eigenvalue weighted by atomic mass is 19.1. The lowest BCUT2D eigenvalue weighted by Crippen LogP contribution is -2.05. The minimum absolute atomic E-state index is 0.0664. The van der Waals surface area contributed by atoms with E-state index in [-0.39, 0.29) is 17.4 Å². The van der Waals surface area contributed by atoms with Crippen LogP contribution in [0.25, 0.3) is 11.1 Å². The Morgan fingerprint density at radius 1 is 1.11 bits per heavy atom. The molecule has 0 aliphatic carbocycles. The van der Waals surface area contributed by atoms with Crippen LogP contribution in [0.2, 0.25) is 0 Å². The molecule has 0 aromatic heterocycles. The average molecular weight is 263 g/mol. The van der Waals surface area contributed by atoms with Gasteiger partial charge in [0.25, 0.3) is 0 Å². The van der Waals surface area contributed by atoms with Crippen LogP contribution in [0.5, 0.6) is 5.75 Å². The lowest BCUT2D eigenvalue weighted by atomic mass is 9.99. The first-order chi connectivity index (χ1) is 9.02. The van der Waals surface area contributed by atoms with Gasteiger partial charge in [0.2, 0.25) is 0 Å². The SMILES string of the molecule is COc1cc(F)c(-c2cccc(C(C)N)c2)c(F)c1. The van der Waals surface area contributed by atoms with E-state index >= 15 is 0 Å². The summed E-state index contributed by atoms with van der Waals surface area (Å²) >= 11 is 0. The minimum Gasteiger partial charge on any atom is -0.497 e. The fraction of sp³-hybridized carbons (Fsp3) is 0.200. The lowest BCUT2D eigenvalue weighted by Gasteiger charge is -2.11. The molecule has 0 radical (unpaired) electrons. The summed E-state index contributed by atoms with van der Waals surface area (Å²) in [6.07, 6.45) is 0. The molecule has 19 heavy (non-hydrogen) atoms. The first kappa shape index (κ1) is 13.5. The van der Waals surface area contributed by atoms with Gasteiger partial charge in [-0.05, 0) is 24.1 Å². The molecule has 0 aliphatic heterocycles. The number of hydrogen-bond donors (Lipinski definition) is 1. The van der Waals surface area contributed by atoms with Crippen molar-refractivity contribution >= 4 is 0 Å². The van der Waals surface area contributed by atoms with Crippen LogP contribution in [0.1, 0.15) is 18.5 Å². The molecular weight excluding hydrogens is 248 g/mol. The third-order valence-corrected chi connectivity index (χ3v) is 2.95. The highest BCUT2D eigenvalue weighted by molar-refractivity contribution is 5.66. The number of rotatable bonds is 3. The normalized spacial score (nSPS) is 12.3. The van der Waals surface area contributed by atoms with E-state index < -0.39 is 11.6 Å². The third-order valence-electron chi connectivity index (χ3n) is 2.95. The molecule has 2 aromatic carbocycles. The molecule has 2 aromatic rings. The summed E-state index contributed by atoms with van der Waals surface area (Å²) in [5.74, 6) is -1.15. The molecule has 0 spiro atoms. The largest absolute Gasteiger partial charge is 0.497 e. The summed E-state index contributed by atoms with van der Waals surface area (Å²) < 4.78 is 32.8. The van der Waals surface area contributed by atoms with E-state index in [9.17, 15) is 8.78 Å². The zero-order valence-electron chi connectivity index (χ0n) is 10.8. The van der Waals surface area contributed by atoms with Crippen LogP contribution in [-0.4, -0.2) is 7.11 Å². The molecular formula is C15H15F2NO. The zero-order valence-corrected chi connectivity index (χ0v) is 10.8. The summed E-state index contributed by atoms with van der Waals surface area (Å²) in [6, 6.07) is 9.04. The van der Waals surface area contributed by atoms with E-state index in [4.69, 9.17) is 10.5 Å². The number of nitrogens with two attached hydrogens (primary N) is 1. The van der Waals surface area contributed by atoms with Crippen molar-refractivity contribution in [2.24, 2.45) is 5.73 Å². The van der Waals surface area contributed by atoms with Gasteiger partial charge in [-0.15, -0.1) is 0 Å². The Balaban J connectivity index is 2.56. The van der Waals surface area contributed by atoms with Crippen LogP contribution < -0.4 is 10.5 Å². The molecule has 1 unspecified atom stereocenters.